The minimum atomic E-state index is -0.611. The Balaban J connectivity index is 1.57. The highest BCUT2D eigenvalue weighted by atomic mass is 35.5. The monoisotopic (exact) mass is 391 g/mol. The number of nitrogens with zero attached hydrogens (tertiary/aromatic N) is 2. The third kappa shape index (κ3) is 3.51. The highest BCUT2D eigenvalue weighted by Gasteiger charge is 2.16. The molecule has 0 radical (unpaired) electrons. The van der Waals surface area contributed by atoms with Crippen molar-refractivity contribution in [2.45, 2.75) is 0 Å². The summed E-state index contributed by atoms with van der Waals surface area (Å²) in [4.78, 5) is 19.2. The molecule has 2 aromatic carbocycles. The highest BCUT2D eigenvalue weighted by Crippen LogP contribution is 2.31. The number of hydrogen-bond donors (Lipinski definition) is 1. The first-order valence-electron chi connectivity index (χ1n) is 8.10. The lowest BCUT2D eigenvalue weighted by Gasteiger charge is -2.25. The van der Waals surface area contributed by atoms with Crippen molar-refractivity contribution in [3.63, 3.8) is 0 Å². The normalized spacial score (nSPS) is 14.6. The molecule has 26 heavy (non-hydrogen) atoms. The molecule has 134 valence electrons. The number of carbonyl (C=O) groups is 1. The summed E-state index contributed by atoms with van der Waals surface area (Å²) in [6.07, 6.45) is 0. The summed E-state index contributed by atoms with van der Waals surface area (Å²) in [5.74, 6) is -1.15. The minimum Gasteiger partial charge on any atom is -0.378 e. The van der Waals surface area contributed by atoms with Gasteiger partial charge < -0.3 is 15.0 Å². The molecule has 0 aliphatic carbocycles. The summed E-state index contributed by atoms with van der Waals surface area (Å²) in [5, 5.41) is 3.96. The van der Waals surface area contributed by atoms with Gasteiger partial charge in [0.1, 0.15) is 5.82 Å². The van der Waals surface area contributed by atoms with Crippen molar-refractivity contribution in [3.05, 3.63) is 52.8 Å². The molecule has 3 aromatic rings. The summed E-state index contributed by atoms with van der Waals surface area (Å²) in [7, 11) is 0. The fraction of sp³-hybridized carbons (Fsp3) is 0.222. The number of thiazole rings is 1. The summed E-state index contributed by atoms with van der Waals surface area (Å²) < 4.78 is 20.2. The zero-order valence-corrected chi connectivity index (χ0v) is 15.2. The number of aromatic nitrogens is 1. The largest absolute Gasteiger partial charge is 0.378 e. The molecule has 1 amide bonds. The zero-order chi connectivity index (χ0) is 18.1. The van der Waals surface area contributed by atoms with Gasteiger partial charge >= 0.3 is 0 Å². The molecule has 2 heterocycles. The SMILES string of the molecule is O=C(Nc1ccc2nc(N3CCOCC3)sc2c1)c1cc(Cl)ccc1F. The van der Waals surface area contributed by atoms with Gasteiger partial charge in [0.05, 0.1) is 29.0 Å². The number of benzene rings is 2. The van der Waals surface area contributed by atoms with Crippen molar-refractivity contribution in [2.75, 3.05) is 36.5 Å². The Hall–Kier alpha value is -2.22. The van der Waals surface area contributed by atoms with Crippen LogP contribution in [0, 0.1) is 5.82 Å². The molecule has 1 aromatic heterocycles. The molecule has 1 aliphatic rings. The van der Waals surface area contributed by atoms with Gasteiger partial charge in [-0.1, -0.05) is 22.9 Å². The average Bonchev–Trinajstić information content (AvgIpc) is 3.08. The number of nitrogens with one attached hydrogen (secondary N) is 1. The van der Waals surface area contributed by atoms with Crippen molar-refractivity contribution in [1.29, 1.82) is 0 Å². The summed E-state index contributed by atoms with van der Waals surface area (Å²) in [5.41, 5.74) is 1.36. The maximum absolute atomic E-state index is 13.8. The zero-order valence-electron chi connectivity index (χ0n) is 13.7. The molecule has 0 bridgehead atoms. The van der Waals surface area contributed by atoms with E-state index in [1.807, 2.05) is 12.1 Å². The van der Waals surface area contributed by atoms with Crippen LogP contribution in [0.4, 0.5) is 15.2 Å². The van der Waals surface area contributed by atoms with Crippen LogP contribution in [-0.4, -0.2) is 37.2 Å². The Bertz CT molecular complexity index is 972. The number of rotatable bonds is 3. The number of halogens is 2. The Kier molecular flexibility index (Phi) is 4.76. The van der Waals surface area contributed by atoms with Crippen LogP contribution in [0.5, 0.6) is 0 Å². The van der Waals surface area contributed by atoms with Gasteiger partial charge in [-0.25, -0.2) is 9.37 Å². The Labute approximate surface area is 158 Å². The van der Waals surface area contributed by atoms with Crippen LogP contribution in [0.1, 0.15) is 10.4 Å². The van der Waals surface area contributed by atoms with E-state index in [1.54, 1.807) is 17.4 Å². The molecule has 5 nitrogen and oxygen atoms in total. The molecule has 0 spiro atoms. The molecule has 1 fully saturated rings. The van der Waals surface area contributed by atoms with E-state index in [0.29, 0.717) is 23.9 Å². The second-order valence-electron chi connectivity index (χ2n) is 5.86. The molecule has 1 aliphatic heterocycles. The minimum absolute atomic E-state index is 0.0871. The van der Waals surface area contributed by atoms with Crippen LogP contribution in [-0.2, 0) is 4.74 Å². The van der Waals surface area contributed by atoms with Crippen LogP contribution in [0.3, 0.4) is 0 Å². The van der Waals surface area contributed by atoms with Gasteiger partial charge in [0, 0.05) is 23.8 Å². The van der Waals surface area contributed by atoms with Gasteiger partial charge in [-0.2, -0.15) is 0 Å². The fourth-order valence-corrected chi connectivity index (χ4v) is 3.98. The van der Waals surface area contributed by atoms with Gasteiger partial charge in [-0.05, 0) is 36.4 Å². The second kappa shape index (κ2) is 7.19. The van der Waals surface area contributed by atoms with Gasteiger partial charge in [0.15, 0.2) is 5.13 Å². The standard InChI is InChI=1S/C18H15ClFN3O2S/c19-11-1-3-14(20)13(9-11)17(24)21-12-2-4-15-16(10-12)26-18(22-15)23-5-7-25-8-6-23/h1-4,9-10H,5-8H2,(H,21,24). The van der Waals surface area contributed by atoms with Gasteiger partial charge in [0.25, 0.3) is 5.91 Å². The predicted octanol–water partition coefficient (Wildman–Crippen LogP) is 4.18. The molecule has 4 rings (SSSR count). The van der Waals surface area contributed by atoms with Crippen molar-refractivity contribution in [1.82, 2.24) is 4.98 Å². The number of carbonyl (C=O) groups excluding carboxylic acids is 1. The van der Waals surface area contributed by atoms with Crippen molar-refractivity contribution in [3.8, 4) is 0 Å². The lowest BCUT2D eigenvalue weighted by Crippen LogP contribution is -2.36. The first-order valence-corrected chi connectivity index (χ1v) is 9.29. The van der Waals surface area contributed by atoms with Crippen LogP contribution < -0.4 is 10.2 Å². The van der Waals surface area contributed by atoms with Crippen LogP contribution in [0.25, 0.3) is 10.2 Å². The maximum atomic E-state index is 13.8. The predicted molar refractivity (Wildman–Crippen MR) is 102 cm³/mol. The number of hydrogen-bond acceptors (Lipinski definition) is 5. The first-order chi connectivity index (χ1) is 12.6. The van der Waals surface area contributed by atoms with Crippen molar-refractivity contribution >= 4 is 49.9 Å². The topological polar surface area (TPSA) is 54.5 Å². The molecule has 0 unspecified atom stereocenters. The Morgan fingerprint density at radius 3 is 2.85 bits per heavy atom. The number of morpholine rings is 1. The van der Waals surface area contributed by atoms with Crippen LogP contribution >= 0.6 is 22.9 Å². The number of fused-ring (bicyclic) bond motifs is 1. The fourth-order valence-electron chi connectivity index (χ4n) is 2.75. The van der Waals surface area contributed by atoms with E-state index >= 15 is 0 Å². The Morgan fingerprint density at radius 1 is 1.23 bits per heavy atom. The van der Waals surface area contributed by atoms with Crippen molar-refractivity contribution < 1.29 is 13.9 Å². The van der Waals surface area contributed by atoms with E-state index in [4.69, 9.17) is 16.3 Å². The summed E-state index contributed by atoms with van der Waals surface area (Å²) in [6, 6.07) is 9.35. The lowest BCUT2D eigenvalue weighted by atomic mass is 10.2. The third-order valence-corrected chi connectivity index (χ3v) is 5.40. The van der Waals surface area contributed by atoms with Gasteiger partial charge in [-0.3, -0.25) is 4.79 Å². The molecular weight excluding hydrogens is 377 g/mol. The molecule has 1 N–H and O–H groups in total. The maximum Gasteiger partial charge on any atom is 0.258 e. The van der Waals surface area contributed by atoms with E-state index in [9.17, 15) is 9.18 Å². The van der Waals surface area contributed by atoms with Gasteiger partial charge in [0.2, 0.25) is 0 Å². The summed E-state index contributed by atoms with van der Waals surface area (Å²) in [6.45, 7) is 3.03. The second-order valence-corrected chi connectivity index (χ2v) is 7.30. The average molecular weight is 392 g/mol. The molecule has 8 heteroatoms. The lowest BCUT2D eigenvalue weighted by molar-refractivity contribution is 0.102. The first kappa shape index (κ1) is 17.2. The number of amides is 1. The van der Waals surface area contributed by atoms with E-state index in [1.165, 1.54) is 18.2 Å². The number of anilines is 2. The molecule has 0 saturated carbocycles. The number of ether oxygens (including phenoxy) is 1. The van der Waals surface area contributed by atoms with Crippen molar-refractivity contribution in [2.24, 2.45) is 0 Å². The third-order valence-electron chi connectivity index (χ3n) is 4.09. The molecule has 1 saturated heterocycles. The molecule has 0 atom stereocenters. The summed E-state index contributed by atoms with van der Waals surface area (Å²) >= 11 is 7.41. The quantitative estimate of drug-likeness (QED) is 0.727. The highest BCUT2D eigenvalue weighted by molar-refractivity contribution is 7.22. The molecular formula is C18H15ClFN3O2S. The van der Waals surface area contributed by atoms with E-state index in [0.717, 1.165) is 28.4 Å². The Morgan fingerprint density at radius 2 is 2.04 bits per heavy atom. The van der Waals surface area contributed by atoms with Crippen LogP contribution in [0.2, 0.25) is 5.02 Å². The van der Waals surface area contributed by atoms with E-state index < -0.39 is 11.7 Å². The smallest absolute Gasteiger partial charge is 0.258 e. The van der Waals surface area contributed by atoms with E-state index in [-0.39, 0.29) is 5.56 Å². The van der Waals surface area contributed by atoms with E-state index in [2.05, 4.69) is 15.2 Å². The van der Waals surface area contributed by atoms with Crippen LogP contribution in [0.15, 0.2) is 36.4 Å². The van der Waals surface area contributed by atoms with Gasteiger partial charge in [-0.15, -0.1) is 0 Å².